The first-order chi connectivity index (χ1) is 14.3. The van der Waals surface area contributed by atoms with Gasteiger partial charge in [-0.2, -0.15) is 8.78 Å². The second kappa shape index (κ2) is 9.77. The summed E-state index contributed by atoms with van der Waals surface area (Å²) < 4.78 is 33.6. The number of alkyl halides is 2. The lowest BCUT2D eigenvalue weighted by molar-refractivity contribution is -0.146. The van der Waals surface area contributed by atoms with Gasteiger partial charge in [-0.15, -0.1) is 11.8 Å². The quantitative estimate of drug-likeness (QED) is 0.641. The van der Waals surface area contributed by atoms with Crippen LogP contribution >= 0.6 is 23.4 Å². The molecule has 0 saturated carbocycles. The Morgan fingerprint density at radius 1 is 1.23 bits per heavy atom. The van der Waals surface area contributed by atoms with E-state index in [1.54, 1.807) is 12.1 Å². The van der Waals surface area contributed by atoms with Crippen molar-refractivity contribution in [1.82, 2.24) is 0 Å². The van der Waals surface area contributed by atoms with E-state index in [9.17, 15) is 23.2 Å². The molecule has 0 bridgehead atoms. The number of nitrogens with zero attached hydrogens (tertiary/aromatic N) is 1. The second-order valence-corrected chi connectivity index (χ2v) is 7.39. The molecule has 0 spiro atoms. The summed E-state index contributed by atoms with van der Waals surface area (Å²) in [6.45, 7) is -3.95. The van der Waals surface area contributed by atoms with Crippen LogP contribution in [0.25, 0.3) is 0 Å². The standard InChI is InChI=1S/C19H15ClF2N2O5S/c20-12-7-11(5-6-14(12)29-19(21)22)23-16(25)9-28-18(27)8-24-13-3-1-2-4-15(13)30-10-17(24)26/h1-7,19H,8-10H2,(H,23,25). The third-order valence-electron chi connectivity index (χ3n) is 3.89. The zero-order valence-electron chi connectivity index (χ0n) is 15.3. The summed E-state index contributed by atoms with van der Waals surface area (Å²) in [5, 5.41) is 2.30. The summed E-state index contributed by atoms with van der Waals surface area (Å²) in [5.41, 5.74) is 0.820. The summed E-state index contributed by atoms with van der Waals surface area (Å²) in [6.07, 6.45) is 0. The maximum atomic E-state index is 12.2. The van der Waals surface area contributed by atoms with Gasteiger partial charge < -0.3 is 14.8 Å². The van der Waals surface area contributed by atoms with Gasteiger partial charge in [0.2, 0.25) is 5.91 Å². The molecule has 0 aromatic heterocycles. The minimum absolute atomic E-state index is 0.120. The van der Waals surface area contributed by atoms with Crippen molar-refractivity contribution in [1.29, 1.82) is 0 Å². The van der Waals surface area contributed by atoms with E-state index in [4.69, 9.17) is 16.3 Å². The minimum atomic E-state index is -3.03. The zero-order valence-corrected chi connectivity index (χ0v) is 16.8. The van der Waals surface area contributed by atoms with E-state index in [-0.39, 0.29) is 34.7 Å². The number of ether oxygens (including phenoxy) is 2. The van der Waals surface area contributed by atoms with Crippen LogP contribution in [-0.4, -0.2) is 43.3 Å². The number of rotatable bonds is 7. The van der Waals surface area contributed by atoms with Crippen LogP contribution in [0.3, 0.4) is 0 Å². The molecule has 0 saturated heterocycles. The number of benzene rings is 2. The molecule has 158 valence electrons. The van der Waals surface area contributed by atoms with Crippen molar-refractivity contribution >= 4 is 52.5 Å². The number of hydrogen-bond donors (Lipinski definition) is 1. The SMILES string of the molecule is O=C(COC(=O)CN1C(=O)CSc2ccccc21)Nc1ccc(OC(F)F)c(Cl)c1. The third-order valence-corrected chi connectivity index (χ3v) is 5.23. The zero-order chi connectivity index (χ0) is 21.7. The first-order valence-corrected chi connectivity index (χ1v) is 9.92. The highest BCUT2D eigenvalue weighted by Gasteiger charge is 2.27. The number of amides is 2. The van der Waals surface area contributed by atoms with E-state index < -0.39 is 25.1 Å². The number of esters is 1. The molecule has 30 heavy (non-hydrogen) atoms. The fraction of sp³-hybridized carbons (Fsp3) is 0.211. The molecule has 3 rings (SSSR count). The number of hydrogen-bond acceptors (Lipinski definition) is 6. The predicted octanol–water partition coefficient (Wildman–Crippen LogP) is 3.56. The molecule has 0 radical (unpaired) electrons. The van der Waals surface area contributed by atoms with Gasteiger partial charge in [-0.3, -0.25) is 19.3 Å². The largest absolute Gasteiger partial charge is 0.454 e. The van der Waals surface area contributed by atoms with Crippen LogP contribution < -0.4 is 15.0 Å². The van der Waals surface area contributed by atoms with Crippen molar-refractivity contribution in [2.45, 2.75) is 11.5 Å². The number of fused-ring (bicyclic) bond motifs is 1. The molecule has 11 heteroatoms. The van der Waals surface area contributed by atoms with E-state index >= 15 is 0 Å². The Morgan fingerprint density at radius 3 is 2.73 bits per heavy atom. The lowest BCUT2D eigenvalue weighted by Gasteiger charge is -2.27. The number of carbonyl (C=O) groups excluding carboxylic acids is 3. The molecule has 1 aliphatic heterocycles. The third kappa shape index (κ3) is 5.61. The lowest BCUT2D eigenvalue weighted by atomic mass is 10.2. The number of anilines is 2. The Kier molecular flexibility index (Phi) is 7.11. The topological polar surface area (TPSA) is 84.9 Å². The number of nitrogens with one attached hydrogen (secondary N) is 1. The van der Waals surface area contributed by atoms with Crippen LogP contribution in [0.2, 0.25) is 5.02 Å². The summed E-state index contributed by atoms with van der Waals surface area (Å²) >= 11 is 7.20. The summed E-state index contributed by atoms with van der Waals surface area (Å²) in [6, 6.07) is 10.9. The summed E-state index contributed by atoms with van der Waals surface area (Å²) in [7, 11) is 0. The predicted molar refractivity (Wildman–Crippen MR) is 107 cm³/mol. The first-order valence-electron chi connectivity index (χ1n) is 8.55. The van der Waals surface area contributed by atoms with Crippen molar-refractivity contribution < 1.29 is 32.6 Å². The van der Waals surface area contributed by atoms with Gasteiger partial charge in [0.05, 0.1) is 16.5 Å². The maximum Gasteiger partial charge on any atom is 0.387 e. The molecule has 2 aromatic carbocycles. The van der Waals surface area contributed by atoms with Crippen molar-refractivity contribution in [3.63, 3.8) is 0 Å². The molecule has 1 heterocycles. The molecular weight excluding hydrogens is 442 g/mol. The Morgan fingerprint density at radius 2 is 2.00 bits per heavy atom. The van der Waals surface area contributed by atoms with Gasteiger partial charge in [0.15, 0.2) is 6.61 Å². The van der Waals surface area contributed by atoms with Crippen molar-refractivity contribution in [2.75, 3.05) is 29.1 Å². The monoisotopic (exact) mass is 456 g/mol. The molecule has 1 aliphatic rings. The van der Waals surface area contributed by atoms with Crippen LogP contribution in [0.4, 0.5) is 20.2 Å². The van der Waals surface area contributed by atoms with Crippen LogP contribution in [0.5, 0.6) is 5.75 Å². The first kappa shape index (κ1) is 21.8. The molecule has 7 nitrogen and oxygen atoms in total. The fourth-order valence-electron chi connectivity index (χ4n) is 2.62. The van der Waals surface area contributed by atoms with Gasteiger partial charge in [-0.25, -0.2) is 0 Å². The van der Waals surface area contributed by atoms with Crippen LogP contribution in [0.1, 0.15) is 0 Å². The average Bonchev–Trinajstić information content (AvgIpc) is 2.70. The Bertz CT molecular complexity index is 976. The van der Waals surface area contributed by atoms with Crippen LogP contribution in [-0.2, 0) is 19.1 Å². The van der Waals surface area contributed by atoms with Crippen LogP contribution in [0, 0.1) is 0 Å². The highest BCUT2D eigenvalue weighted by Crippen LogP contribution is 2.34. The molecule has 2 amide bonds. The molecular formula is C19H15ClF2N2O5S. The number of halogens is 3. The van der Waals surface area contributed by atoms with E-state index in [0.717, 1.165) is 4.90 Å². The van der Waals surface area contributed by atoms with Gasteiger partial charge in [0.25, 0.3) is 5.91 Å². The maximum absolute atomic E-state index is 12.2. The van der Waals surface area contributed by atoms with E-state index in [0.29, 0.717) is 5.69 Å². The normalized spacial score (nSPS) is 13.1. The molecule has 1 N–H and O–H groups in total. The average molecular weight is 457 g/mol. The minimum Gasteiger partial charge on any atom is -0.454 e. The highest BCUT2D eigenvalue weighted by atomic mass is 35.5. The van der Waals surface area contributed by atoms with Gasteiger partial charge in [-0.1, -0.05) is 23.7 Å². The van der Waals surface area contributed by atoms with Crippen molar-refractivity contribution in [3.8, 4) is 5.75 Å². The highest BCUT2D eigenvalue weighted by molar-refractivity contribution is 8.00. The second-order valence-electron chi connectivity index (χ2n) is 5.97. The number of para-hydroxylation sites is 1. The summed E-state index contributed by atoms with van der Waals surface area (Å²) in [4.78, 5) is 38.4. The number of thioether (sulfide) groups is 1. The Balaban J connectivity index is 1.52. The summed E-state index contributed by atoms with van der Waals surface area (Å²) in [5.74, 6) is -1.68. The molecule has 0 fully saturated rings. The van der Waals surface area contributed by atoms with E-state index in [2.05, 4.69) is 10.1 Å². The van der Waals surface area contributed by atoms with Gasteiger partial charge >= 0.3 is 12.6 Å². The van der Waals surface area contributed by atoms with Crippen LogP contribution in [0.15, 0.2) is 47.4 Å². The Labute approximate surface area is 179 Å². The van der Waals surface area contributed by atoms with Crippen molar-refractivity contribution in [2.24, 2.45) is 0 Å². The molecule has 0 atom stereocenters. The van der Waals surface area contributed by atoms with E-state index in [1.165, 1.54) is 34.9 Å². The molecule has 0 unspecified atom stereocenters. The fourth-order valence-corrected chi connectivity index (χ4v) is 3.78. The van der Waals surface area contributed by atoms with Gasteiger partial charge in [0.1, 0.15) is 12.3 Å². The number of carbonyl (C=O) groups is 3. The molecule has 2 aromatic rings. The lowest BCUT2D eigenvalue weighted by Crippen LogP contribution is -2.40. The smallest absolute Gasteiger partial charge is 0.387 e. The molecule has 0 aliphatic carbocycles. The van der Waals surface area contributed by atoms with Crippen molar-refractivity contribution in [3.05, 3.63) is 47.5 Å². The Hall–Kier alpha value is -2.85. The van der Waals surface area contributed by atoms with E-state index in [1.807, 2.05) is 12.1 Å². The van der Waals surface area contributed by atoms with Gasteiger partial charge in [-0.05, 0) is 30.3 Å². The van der Waals surface area contributed by atoms with Gasteiger partial charge in [0, 0.05) is 10.6 Å².